The highest BCUT2D eigenvalue weighted by molar-refractivity contribution is 4.97. The monoisotopic (exact) mass is 210 g/mol. The molecule has 0 fully saturated rings. The molecule has 2 rings (SSSR count). The van der Waals surface area contributed by atoms with E-state index in [4.69, 9.17) is 4.74 Å². The Balaban J connectivity index is 1.88. The number of aromatic nitrogens is 3. The normalized spacial score (nSPS) is 15.3. The van der Waals surface area contributed by atoms with Gasteiger partial charge in [0.25, 0.3) is 0 Å². The van der Waals surface area contributed by atoms with Crippen LogP contribution in [0.4, 0.5) is 0 Å². The second kappa shape index (κ2) is 5.23. The Hall–Kier alpha value is -0.940. The van der Waals surface area contributed by atoms with Crippen molar-refractivity contribution in [2.24, 2.45) is 0 Å². The van der Waals surface area contributed by atoms with E-state index in [0.29, 0.717) is 6.61 Å². The highest BCUT2D eigenvalue weighted by Gasteiger charge is 2.15. The van der Waals surface area contributed by atoms with Crippen molar-refractivity contribution in [2.75, 3.05) is 20.2 Å². The fraction of sp³-hybridized carbons (Fsp3) is 0.800. The van der Waals surface area contributed by atoms with Crippen molar-refractivity contribution < 1.29 is 4.74 Å². The fourth-order valence-electron chi connectivity index (χ4n) is 1.81. The first-order chi connectivity index (χ1) is 7.42. The molecule has 0 aliphatic carbocycles. The Morgan fingerprint density at radius 3 is 3.20 bits per heavy atom. The summed E-state index contributed by atoms with van der Waals surface area (Å²) >= 11 is 0. The summed E-state index contributed by atoms with van der Waals surface area (Å²) in [6.45, 7) is 3.22. The van der Waals surface area contributed by atoms with Crippen LogP contribution in [0.5, 0.6) is 0 Å². The number of hydrogen-bond acceptors (Lipinski definition) is 4. The van der Waals surface area contributed by atoms with Crippen molar-refractivity contribution in [1.29, 1.82) is 0 Å². The first-order valence-corrected chi connectivity index (χ1v) is 5.55. The van der Waals surface area contributed by atoms with Gasteiger partial charge in [0.15, 0.2) is 5.82 Å². The third kappa shape index (κ3) is 2.54. The molecular formula is C10H18N4O. The second-order valence-corrected chi connectivity index (χ2v) is 3.80. The van der Waals surface area contributed by atoms with Crippen LogP contribution in [0.2, 0.25) is 0 Å². The minimum atomic E-state index is 0.578. The average molecular weight is 210 g/mol. The Bertz CT molecular complexity index is 310. The summed E-state index contributed by atoms with van der Waals surface area (Å²) in [5.74, 6) is 2.09. The van der Waals surface area contributed by atoms with Crippen molar-refractivity contribution in [1.82, 2.24) is 20.1 Å². The lowest BCUT2D eigenvalue weighted by molar-refractivity contribution is 0.115. The first kappa shape index (κ1) is 10.6. The Kier molecular flexibility index (Phi) is 3.69. The minimum absolute atomic E-state index is 0.578. The standard InChI is InChI=1S/C10H18N4O/c1-11-5-7-15-8-10-13-12-9-4-2-3-6-14(9)10/h11H,2-8H2,1H3. The summed E-state index contributed by atoms with van der Waals surface area (Å²) in [4.78, 5) is 0. The Morgan fingerprint density at radius 2 is 2.33 bits per heavy atom. The lowest BCUT2D eigenvalue weighted by atomic mass is 10.2. The van der Waals surface area contributed by atoms with Crippen LogP contribution in [0.25, 0.3) is 0 Å². The third-order valence-corrected chi connectivity index (χ3v) is 2.66. The van der Waals surface area contributed by atoms with Gasteiger partial charge in [-0.25, -0.2) is 0 Å². The molecule has 0 spiro atoms. The molecule has 2 heterocycles. The molecule has 5 nitrogen and oxygen atoms in total. The zero-order chi connectivity index (χ0) is 10.5. The van der Waals surface area contributed by atoms with Gasteiger partial charge in [-0.05, 0) is 19.9 Å². The van der Waals surface area contributed by atoms with E-state index in [2.05, 4.69) is 20.1 Å². The second-order valence-electron chi connectivity index (χ2n) is 3.80. The van der Waals surface area contributed by atoms with E-state index >= 15 is 0 Å². The van der Waals surface area contributed by atoms with Crippen LogP contribution >= 0.6 is 0 Å². The van der Waals surface area contributed by atoms with E-state index in [9.17, 15) is 0 Å². The van der Waals surface area contributed by atoms with Crippen LogP contribution in [-0.4, -0.2) is 35.0 Å². The van der Waals surface area contributed by atoms with Gasteiger partial charge in [-0.1, -0.05) is 0 Å². The van der Waals surface area contributed by atoms with Gasteiger partial charge in [0.1, 0.15) is 12.4 Å². The summed E-state index contributed by atoms with van der Waals surface area (Å²) < 4.78 is 7.70. The summed E-state index contributed by atoms with van der Waals surface area (Å²) in [5.41, 5.74) is 0. The number of hydrogen-bond donors (Lipinski definition) is 1. The topological polar surface area (TPSA) is 52.0 Å². The molecule has 0 atom stereocenters. The molecule has 0 saturated carbocycles. The quantitative estimate of drug-likeness (QED) is 0.712. The van der Waals surface area contributed by atoms with Gasteiger partial charge in [-0.3, -0.25) is 0 Å². The lowest BCUT2D eigenvalue weighted by Crippen LogP contribution is -2.17. The molecule has 15 heavy (non-hydrogen) atoms. The lowest BCUT2D eigenvalue weighted by Gasteiger charge is -2.14. The number of ether oxygens (including phenoxy) is 1. The number of nitrogens with one attached hydrogen (secondary N) is 1. The molecule has 0 amide bonds. The van der Waals surface area contributed by atoms with Crippen molar-refractivity contribution in [2.45, 2.75) is 32.4 Å². The van der Waals surface area contributed by atoms with Gasteiger partial charge >= 0.3 is 0 Å². The summed E-state index contributed by atoms with van der Waals surface area (Å²) in [6, 6.07) is 0. The summed E-state index contributed by atoms with van der Waals surface area (Å²) in [7, 11) is 1.92. The predicted molar refractivity (Wildman–Crippen MR) is 56.5 cm³/mol. The molecule has 1 N–H and O–H groups in total. The Labute approximate surface area is 89.8 Å². The largest absolute Gasteiger partial charge is 0.372 e. The average Bonchev–Trinajstić information content (AvgIpc) is 2.68. The maximum atomic E-state index is 5.50. The zero-order valence-electron chi connectivity index (χ0n) is 9.20. The molecule has 1 aliphatic heterocycles. The fourth-order valence-corrected chi connectivity index (χ4v) is 1.81. The smallest absolute Gasteiger partial charge is 0.159 e. The molecule has 1 aromatic heterocycles. The van der Waals surface area contributed by atoms with Gasteiger partial charge in [0.05, 0.1) is 6.61 Å². The predicted octanol–water partition coefficient (Wildman–Crippen LogP) is 0.350. The number of nitrogens with zero attached hydrogens (tertiary/aromatic N) is 3. The molecule has 0 aromatic carbocycles. The van der Waals surface area contributed by atoms with Crippen LogP contribution < -0.4 is 5.32 Å². The SMILES string of the molecule is CNCCOCc1nnc2n1CCCC2. The van der Waals surface area contributed by atoms with E-state index in [1.165, 1.54) is 12.8 Å². The van der Waals surface area contributed by atoms with Crippen LogP contribution in [0.3, 0.4) is 0 Å². The van der Waals surface area contributed by atoms with E-state index in [-0.39, 0.29) is 0 Å². The highest BCUT2D eigenvalue weighted by atomic mass is 16.5. The molecule has 5 heteroatoms. The molecule has 0 bridgehead atoms. The van der Waals surface area contributed by atoms with Crippen molar-refractivity contribution in [3.05, 3.63) is 11.6 Å². The maximum Gasteiger partial charge on any atom is 0.159 e. The van der Waals surface area contributed by atoms with Crippen LogP contribution in [0.1, 0.15) is 24.5 Å². The van der Waals surface area contributed by atoms with Gasteiger partial charge < -0.3 is 14.6 Å². The van der Waals surface area contributed by atoms with E-state index in [0.717, 1.165) is 37.8 Å². The van der Waals surface area contributed by atoms with E-state index in [1.807, 2.05) is 7.05 Å². The molecule has 0 unspecified atom stereocenters. The van der Waals surface area contributed by atoms with Gasteiger partial charge in [-0.15, -0.1) is 10.2 Å². The number of fused-ring (bicyclic) bond motifs is 1. The first-order valence-electron chi connectivity index (χ1n) is 5.55. The van der Waals surface area contributed by atoms with Crippen LogP contribution in [0, 0.1) is 0 Å². The summed E-state index contributed by atoms with van der Waals surface area (Å²) in [6.07, 6.45) is 3.52. The molecule has 84 valence electrons. The zero-order valence-corrected chi connectivity index (χ0v) is 9.20. The molecule has 0 saturated heterocycles. The number of likely N-dealkylation sites (N-methyl/N-ethyl adjacent to an activating group) is 1. The molecule has 1 aliphatic rings. The van der Waals surface area contributed by atoms with E-state index < -0.39 is 0 Å². The van der Waals surface area contributed by atoms with Crippen LogP contribution in [-0.2, 0) is 24.3 Å². The van der Waals surface area contributed by atoms with Crippen molar-refractivity contribution in [3.63, 3.8) is 0 Å². The van der Waals surface area contributed by atoms with Crippen molar-refractivity contribution in [3.8, 4) is 0 Å². The maximum absolute atomic E-state index is 5.50. The molecule has 1 aromatic rings. The van der Waals surface area contributed by atoms with E-state index in [1.54, 1.807) is 0 Å². The summed E-state index contributed by atoms with van der Waals surface area (Å²) in [5, 5.41) is 11.4. The number of aryl methyl sites for hydroxylation is 1. The minimum Gasteiger partial charge on any atom is -0.372 e. The van der Waals surface area contributed by atoms with Gasteiger partial charge in [0.2, 0.25) is 0 Å². The third-order valence-electron chi connectivity index (χ3n) is 2.66. The van der Waals surface area contributed by atoms with Crippen molar-refractivity contribution >= 4 is 0 Å². The highest BCUT2D eigenvalue weighted by Crippen LogP contribution is 2.14. The van der Waals surface area contributed by atoms with Crippen LogP contribution in [0.15, 0.2) is 0 Å². The number of rotatable bonds is 5. The van der Waals surface area contributed by atoms with Gasteiger partial charge in [0, 0.05) is 19.5 Å². The Morgan fingerprint density at radius 1 is 1.40 bits per heavy atom. The molecular weight excluding hydrogens is 192 g/mol. The van der Waals surface area contributed by atoms with Gasteiger partial charge in [-0.2, -0.15) is 0 Å². The molecule has 0 radical (unpaired) electrons.